The summed E-state index contributed by atoms with van der Waals surface area (Å²) in [5.74, 6) is -0.104. The Morgan fingerprint density at radius 2 is 2.25 bits per heavy atom. The van der Waals surface area contributed by atoms with Crippen LogP contribution in [0, 0.1) is 0 Å². The number of nitrogens with zero attached hydrogens (tertiary/aromatic N) is 1. The summed E-state index contributed by atoms with van der Waals surface area (Å²) in [7, 11) is 0. The highest BCUT2D eigenvalue weighted by Gasteiger charge is 2.27. The van der Waals surface area contributed by atoms with Gasteiger partial charge in [-0.2, -0.15) is 0 Å². The minimum absolute atomic E-state index is 0.198. The minimum Gasteiger partial charge on any atom is -0.399 e. The number of rotatable bonds is 2. The molecule has 1 amide bonds. The van der Waals surface area contributed by atoms with Gasteiger partial charge in [0, 0.05) is 10.6 Å². The Labute approximate surface area is 95.6 Å². The van der Waals surface area contributed by atoms with Crippen molar-refractivity contribution in [3.63, 3.8) is 0 Å². The van der Waals surface area contributed by atoms with Gasteiger partial charge in [0.1, 0.15) is 0 Å². The Morgan fingerprint density at radius 3 is 2.94 bits per heavy atom. The Bertz CT molecular complexity index is 425. The number of thioether (sulfide) groups is 1. The second-order valence-electron chi connectivity index (χ2n) is 3.41. The van der Waals surface area contributed by atoms with Crippen molar-refractivity contribution in [2.24, 2.45) is 0 Å². The number of carbonyl (C=O) groups excluding carboxylic acids is 1. The summed E-state index contributed by atoms with van der Waals surface area (Å²) in [6.45, 7) is -0.574. The lowest BCUT2D eigenvalue weighted by atomic mass is 10.2. The van der Waals surface area contributed by atoms with E-state index in [0.29, 0.717) is 11.4 Å². The number of alkyl halides is 2. The quantitative estimate of drug-likeness (QED) is 0.809. The molecular weight excluding hydrogens is 234 g/mol. The number of nitrogens with two attached hydrogens (primary N) is 1. The SMILES string of the molecule is Nc1ccc2c(c1)N(CC(F)F)C(=O)CS2. The first-order valence-electron chi connectivity index (χ1n) is 4.69. The molecule has 1 aliphatic heterocycles. The van der Waals surface area contributed by atoms with Crippen molar-refractivity contribution in [3.05, 3.63) is 18.2 Å². The van der Waals surface area contributed by atoms with Gasteiger partial charge < -0.3 is 10.6 Å². The fraction of sp³-hybridized carbons (Fsp3) is 0.300. The van der Waals surface area contributed by atoms with Crippen LogP contribution in [0.3, 0.4) is 0 Å². The highest BCUT2D eigenvalue weighted by molar-refractivity contribution is 8.00. The van der Waals surface area contributed by atoms with E-state index in [-0.39, 0.29) is 11.7 Å². The zero-order valence-electron chi connectivity index (χ0n) is 8.32. The van der Waals surface area contributed by atoms with Gasteiger partial charge in [-0.15, -0.1) is 11.8 Å². The molecule has 1 aliphatic rings. The predicted molar refractivity (Wildman–Crippen MR) is 59.9 cm³/mol. The number of hydrogen-bond donors (Lipinski definition) is 1. The molecule has 6 heteroatoms. The molecule has 86 valence electrons. The van der Waals surface area contributed by atoms with Gasteiger partial charge in [-0.25, -0.2) is 8.78 Å². The Kier molecular flexibility index (Phi) is 3.00. The van der Waals surface area contributed by atoms with Gasteiger partial charge in [0.05, 0.1) is 18.0 Å². The summed E-state index contributed by atoms with van der Waals surface area (Å²) < 4.78 is 24.7. The van der Waals surface area contributed by atoms with Crippen LogP contribution < -0.4 is 10.6 Å². The number of nitrogen functional groups attached to an aromatic ring is 1. The van der Waals surface area contributed by atoms with Crippen molar-refractivity contribution < 1.29 is 13.6 Å². The molecule has 0 saturated heterocycles. The molecule has 2 N–H and O–H groups in total. The normalized spacial score (nSPS) is 15.4. The highest BCUT2D eigenvalue weighted by atomic mass is 32.2. The van der Waals surface area contributed by atoms with Gasteiger partial charge in [0.25, 0.3) is 6.43 Å². The average molecular weight is 244 g/mol. The van der Waals surface area contributed by atoms with Gasteiger partial charge in [0.2, 0.25) is 5.91 Å². The van der Waals surface area contributed by atoms with E-state index >= 15 is 0 Å². The van der Waals surface area contributed by atoms with E-state index in [2.05, 4.69) is 0 Å². The summed E-state index contributed by atoms with van der Waals surface area (Å²) in [6, 6.07) is 5.00. The van der Waals surface area contributed by atoms with Crippen LogP contribution in [0.1, 0.15) is 0 Å². The fourth-order valence-electron chi connectivity index (χ4n) is 1.56. The van der Waals surface area contributed by atoms with E-state index in [9.17, 15) is 13.6 Å². The molecule has 0 radical (unpaired) electrons. The topological polar surface area (TPSA) is 46.3 Å². The first-order chi connectivity index (χ1) is 7.58. The van der Waals surface area contributed by atoms with Crippen molar-refractivity contribution in [1.29, 1.82) is 0 Å². The van der Waals surface area contributed by atoms with Crippen LogP contribution in [0.2, 0.25) is 0 Å². The first-order valence-corrected chi connectivity index (χ1v) is 5.67. The van der Waals surface area contributed by atoms with Crippen LogP contribution in [0.15, 0.2) is 23.1 Å². The summed E-state index contributed by atoms with van der Waals surface area (Å²) in [4.78, 5) is 13.5. The molecule has 1 aromatic rings. The lowest BCUT2D eigenvalue weighted by Gasteiger charge is -2.28. The summed E-state index contributed by atoms with van der Waals surface area (Å²) in [5.41, 5.74) is 6.54. The number of anilines is 2. The summed E-state index contributed by atoms with van der Waals surface area (Å²) in [5, 5.41) is 0. The van der Waals surface area contributed by atoms with Crippen LogP contribution in [0.4, 0.5) is 20.2 Å². The molecule has 3 nitrogen and oxygen atoms in total. The zero-order chi connectivity index (χ0) is 11.7. The molecule has 0 bridgehead atoms. The van der Waals surface area contributed by atoms with Crippen molar-refractivity contribution in [2.45, 2.75) is 11.3 Å². The highest BCUT2D eigenvalue weighted by Crippen LogP contribution is 2.36. The number of carbonyl (C=O) groups is 1. The van der Waals surface area contributed by atoms with E-state index in [1.807, 2.05) is 0 Å². The third-order valence-corrected chi connectivity index (χ3v) is 3.29. The standard InChI is InChI=1S/C10H10F2N2OS/c11-9(12)4-14-7-3-6(13)1-2-8(7)16-5-10(14)15/h1-3,9H,4-5,13H2. The molecule has 1 heterocycles. The Balaban J connectivity index is 2.38. The van der Waals surface area contributed by atoms with E-state index in [1.165, 1.54) is 11.8 Å². The van der Waals surface area contributed by atoms with Crippen molar-refractivity contribution in [2.75, 3.05) is 22.9 Å². The first kappa shape index (κ1) is 11.2. The van der Waals surface area contributed by atoms with E-state index in [1.54, 1.807) is 18.2 Å². The molecule has 0 unspecified atom stereocenters. The average Bonchev–Trinajstić information content (AvgIpc) is 2.22. The lowest BCUT2D eigenvalue weighted by Crippen LogP contribution is -2.38. The molecule has 0 saturated carbocycles. The molecular formula is C10H10F2N2OS. The Hall–Kier alpha value is -1.30. The summed E-state index contributed by atoms with van der Waals surface area (Å²) in [6.07, 6.45) is -2.54. The molecule has 2 rings (SSSR count). The maximum Gasteiger partial charge on any atom is 0.256 e. The molecule has 16 heavy (non-hydrogen) atoms. The van der Waals surface area contributed by atoms with Gasteiger partial charge >= 0.3 is 0 Å². The largest absolute Gasteiger partial charge is 0.399 e. The van der Waals surface area contributed by atoms with E-state index in [0.717, 1.165) is 9.80 Å². The van der Waals surface area contributed by atoms with Gasteiger partial charge in [-0.3, -0.25) is 4.79 Å². The number of amides is 1. The van der Waals surface area contributed by atoms with Gasteiger partial charge in [-0.05, 0) is 18.2 Å². The zero-order valence-corrected chi connectivity index (χ0v) is 9.14. The Morgan fingerprint density at radius 1 is 1.50 bits per heavy atom. The van der Waals surface area contributed by atoms with Gasteiger partial charge in [-0.1, -0.05) is 0 Å². The van der Waals surface area contributed by atoms with Crippen molar-refractivity contribution >= 4 is 29.0 Å². The second-order valence-corrected chi connectivity index (χ2v) is 4.43. The lowest BCUT2D eigenvalue weighted by molar-refractivity contribution is -0.116. The molecule has 1 aromatic carbocycles. The van der Waals surface area contributed by atoms with E-state index < -0.39 is 13.0 Å². The minimum atomic E-state index is -2.54. The maximum atomic E-state index is 12.4. The monoisotopic (exact) mass is 244 g/mol. The van der Waals surface area contributed by atoms with E-state index in [4.69, 9.17) is 5.73 Å². The van der Waals surface area contributed by atoms with Crippen LogP contribution in [-0.2, 0) is 4.79 Å². The number of fused-ring (bicyclic) bond motifs is 1. The third kappa shape index (κ3) is 2.11. The number of halogens is 2. The van der Waals surface area contributed by atoms with Crippen molar-refractivity contribution in [1.82, 2.24) is 0 Å². The van der Waals surface area contributed by atoms with Gasteiger partial charge in [0.15, 0.2) is 0 Å². The fourth-order valence-corrected chi connectivity index (χ4v) is 2.47. The molecule has 0 fully saturated rings. The van der Waals surface area contributed by atoms with Crippen molar-refractivity contribution in [3.8, 4) is 0 Å². The number of hydrogen-bond acceptors (Lipinski definition) is 3. The third-order valence-electron chi connectivity index (χ3n) is 2.25. The van der Waals surface area contributed by atoms with Crippen LogP contribution >= 0.6 is 11.8 Å². The molecule has 0 spiro atoms. The predicted octanol–water partition coefficient (Wildman–Crippen LogP) is 1.97. The van der Waals surface area contributed by atoms with Crippen LogP contribution in [0.5, 0.6) is 0 Å². The molecule has 0 aliphatic carbocycles. The summed E-state index contributed by atoms with van der Waals surface area (Å²) >= 11 is 1.34. The van der Waals surface area contributed by atoms with Crippen LogP contribution in [-0.4, -0.2) is 24.6 Å². The maximum absolute atomic E-state index is 12.4. The molecule has 0 aromatic heterocycles. The second kappa shape index (κ2) is 4.29. The number of benzene rings is 1. The van der Waals surface area contributed by atoms with Crippen LogP contribution in [0.25, 0.3) is 0 Å². The molecule has 0 atom stereocenters. The smallest absolute Gasteiger partial charge is 0.256 e.